The highest BCUT2D eigenvalue weighted by molar-refractivity contribution is 5.66. The summed E-state index contributed by atoms with van der Waals surface area (Å²) in [5.41, 5.74) is 0. The van der Waals surface area contributed by atoms with Crippen LogP contribution in [0.3, 0.4) is 0 Å². The van der Waals surface area contributed by atoms with Gasteiger partial charge in [-0.15, -0.1) is 0 Å². The van der Waals surface area contributed by atoms with Gasteiger partial charge >= 0.3 is 6.09 Å². The maximum Gasteiger partial charge on any atom is 0.406 e. The lowest BCUT2D eigenvalue weighted by Crippen LogP contribution is -2.32. The molecule has 1 rings (SSSR count). The fourth-order valence-electron chi connectivity index (χ4n) is 0.800. The first-order chi connectivity index (χ1) is 5.33. The van der Waals surface area contributed by atoms with Crippen LogP contribution in [0.5, 0.6) is 0 Å². The van der Waals surface area contributed by atoms with Crippen molar-refractivity contribution in [3.05, 3.63) is 0 Å². The highest BCUT2D eigenvalue weighted by Gasteiger charge is 2.19. The molecule has 1 saturated carbocycles. The van der Waals surface area contributed by atoms with Crippen molar-refractivity contribution < 1.29 is 9.53 Å². The normalized spacial score (nSPS) is 16.1. The number of carbonyl (C=O) groups excluding carboxylic acids is 1. The third-order valence-corrected chi connectivity index (χ3v) is 1.59. The molecule has 0 aromatic carbocycles. The summed E-state index contributed by atoms with van der Waals surface area (Å²) in [6.45, 7) is 1.48. The highest BCUT2D eigenvalue weighted by atomic mass is 16.5. The van der Waals surface area contributed by atoms with Crippen molar-refractivity contribution in [3.8, 4) is 0 Å². The molecule has 1 aliphatic carbocycles. The Bertz CT molecular complexity index is 134. The number of rotatable bonds is 4. The summed E-state index contributed by atoms with van der Waals surface area (Å²) in [5, 5.41) is 5.86. The van der Waals surface area contributed by atoms with Gasteiger partial charge in [0.15, 0.2) is 0 Å². The summed E-state index contributed by atoms with van der Waals surface area (Å²) >= 11 is 0. The number of methoxy groups -OCH3 is 1. The monoisotopic (exact) mass is 158 g/mol. The Labute approximate surface area is 66.3 Å². The van der Waals surface area contributed by atoms with Gasteiger partial charge in [0, 0.05) is 19.1 Å². The van der Waals surface area contributed by atoms with Crippen LogP contribution in [0, 0.1) is 0 Å². The maximum atomic E-state index is 10.5. The van der Waals surface area contributed by atoms with Crippen LogP contribution in [-0.2, 0) is 4.74 Å². The molecule has 1 amide bonds. The molecule has 4 heteroatoms. The molecule has 0 atom stereocenters. The van der Waals surface area contributed by atoms with E-state index in [9.17, 15) is 4.79 Å². The lowest BCUT2D eigenvalue weighted by molar-refractivity contribution is 0.171. The van der Waals surface area contributed by atoms with E-state index in [-0.39, 0.29) is 6.09 Å². The third kappa shape index (κ3) is 3.83. The topological polar surface area (TPSA) is 50.4 Å². The number of hydrogen-bond donors (Lipinski definition) is 2. The van der Waals surface area contributed by atoms with Gasteiger partial charge in [-0.3, -0.25) is 0 Å². The zero-order valence-corrected chi connectivity index (χ0v) is 6.72. The van der Waals surface area contributed by atoms with Gasteiger partial charge in [0.25, 0.3) is 0 Å². The molecule has 0 spiro atoms. The van der Waals surface area contributed by atoms with Crippen LogP contribution in [0.2, 0.25) is 0 Å². The summed E-state index contributed by atoms with van der Waals surface area (Å²) in [4.78, 5) is 10.5. The molecule has 0 aromatic rings. The number of nitrogens with one attached hydrogen (secondary N) is 2. The molecule has 64 valence electrons. The second-order valence-corrected chi connectivity index (χ2v) is 2.65. The van der Waals surface area contributed by atoms with E-state index in [2.05, 4.69) is 15.4 Å². The van der Waals surface area contributed by atoms with Crippen molar-refractivity contribution >= 4 is 6.09 Å². The molecule has 2 N–H and O–H groups in total. The van der Waals surface area contributed by atoms with E-state index in [0.29, 0.717) is 12.6 Å². The fraction of sp³-hybridized carbons (Fsp3) is 0.857. The van der Waals surface area contributed by atoms with E-state index in [1.165, 1.54) is 20.0 Å². The Morgan fingerprint density at radius 1 is 1.55 bits per heavy atom. The predicted molar refractivity (Wildman–Crippen MR) is 41.4 cm³/mol. The Morgan fingerprint density at radius 3 is 2.82 bits per heavy atom. The minimum atomic E-state index is -0.359. The SMILES string of the molecule is COC(=O)NCCNC1CC1. The van der Waals surface area contributed by atoms with Crippen molar-refractivity contribution in [2.75, 3.05) is 20.2 Å². The van der Waals surface area contributed by atoms with E-state index in [1.54, 1.807) is 0 Å². The summed E-state index contributed by atoms with van der Waals surface area (Å²) in [6, 6.07) is 0.703. The molecule has 0 radical (unpaired) electrons. The molecule has 0 saturated heterocycles. The van der Waals surface area contributed by atoms with Crippen molar-refractivity contribution in [1.29, 1.82) is 0 Å². The Hall–Kier alpha value is -0.770. The third-order valence-electron chi connectivity index (χ3n) is 1.59. The van der Waals surface area contributed by atoms with Crippen LogP contribution >= 0.6 is 0 Å². The van der Waals surface area contributed by atoms with E-state index >= 15 is 0 Å². The van der Waals surface area contributed by atoms with Crippen molar-refractivity contribution in [3.63, 3.8) is 0 Å². The van der Waals surface area contributed by atoms with E-state index in [1.807, 2.05) is 0 Å². The van der Waals surface area contributed by atoms with Crippen LogP contribution in [-0.4, -0.2) is 32.3 Å². The molecule has 0 aromatic heterocycles. The van der Waals surface area contributed by atoms with Crippen LogP contribution in [0.15, 0.2) is 0 Å². The molecule has 0 aliphatic heterocycles. The fourth-order valence-corrected chi connectivity index (χ4v) is 0.800. The zero-order valence-electron chi connectivity index (χ0n) is 6.72. The van der Waals surface area contributed by atoms with Gasteiger partial charge in [0.05, 0.1) is 7.11 Å². The van der Waals surface area contributed by atoms with Crippen LogP contribution < -0.4 is 10.6 Å². The largest absolute Gasteiger partial charge is 0.453 e. The molecule has 0 heterocycles. The zero-order chi connectivity index (χ0) is 8.10. The number of ether oxygens (including phenoxy) is 1. The van der Waals surface area contributed by atoms with Crippen LogP contribution in [0.1, 0.15) is 12.8 Å². The molecule has 11 heavy (non-hydrogen) atoms. The van der Waals surface area contributed by atoms with Gasteiger partial charge in [0.1, 0.15) is 0 Å². The minimum Gasteiger partial charge on any atom is -0.453 e. The summed E-state index contributed by atoms with van der Waals surface area (Å²) in [5.74, 6) is 0. The first-order valence-corrected chi connectivity index (χ1v) is 3.88. The quantitative estimate of drug-likeness (QED) is 0.570. The maximum absolute atomic E-state index is 10.5. The lowest BCUT2D eigenvalue weighted by atomic mass is 10.6. The molecule has 0 unspecified atom stereocenters. The standard InChI is InChI=1S/C7H14N2O2/c1-11-7(10)9-5-4-8-6-2-3-6/h6,8H,2-5H2,1H3,(H,9,10). The van der Waals surface area contributed by atoms with E-state index < -0.39 is 0 Å². The molecule has 1 fully saturated rings. The van der Waals surface area contributed by atoms with Crippen LogP contribution in [0.25, 0.3) is 0 Å². The first kappa shape index (κ1) is 8.33. The number of alkyl carbamates (subject to hydrolysis) is 1. The average Bonchev–Trinajstić information content (AvgIpc) is 2.81. The summed E-state index contributed by atoms with van der Waals surface area (Å²) < 4.78 is 4.40. The first-order valence-electron chi connectivity index (χ1n) is 3.88. The van der Waals surface area contributed by atoms with Gasteiger partial charge in [-0.25, -0.2) is 4.79 Å². The Kier molecular flexibility index (Phi) is 3.16. The molecular formula is C7H14N2O2. The van der Waals surface area contributed by atoms with Gasteiger partial charge in [0.2, 0.25) is 0 Å². The minimum absolute atomic E-state index is 0.359. The average molecular weight is 158 g/mol. The lowest BCUT2D eigenvalue weighted by Gasteiger charge is -2.03. The van der Waals surface area contributed by atoms with E-state index in [4.69, 9.17) is 0 Å². The van der Waals surface area contributed by atoms with Gasteiger partial charge < -0.3 is 15.4 Å². The van der Waals surface area contributed by atoms with Gasteiger partial charge in [-0.2, -0.15) is 0 Å². The smallest absolute Gasteiger partial charge is 0.406 e. The molecule has 1 aliphatic rings. The van der Waals surface area contributed by atoms with Gasteiger partial charge in [-0.1, -0.05) is 0 Å². The molecular weight excluding hydrogens is 144 g/mol. The second kappa shape index (κ2) is 4.18. The Balaban J connectivity index is 1.82. The summed E-state index contributed by atoms with van der Waals surface area (Å²) in [6.07, 6.45) is 2.19. The van der Waals surface area contributed by atoms with Crippen molar-refractivity contribution in [2.24, 2.45) is 0 Å². The number of amides is 1. The Morgan fingerprint density at radius 2 is 2.27 bits per heavy atom. The number of carbonyl (C=O) groups is 1. The molecule has 0 bridgehead atoms. The van der Waals surface area contributed by atoms with E-state index in [0.717, 1.165) is 6.54 Å². The van der Waals surface area contributed by atoms with Crippen molar-refractivity contribution in [2.45, 2.75) is 18.9 Å². The second-order valence-electron chi connectivity index (χ2n) is 2.65. The summed E-state index contributed by atoms with van der Waals surface area (Å²) in [7, 11) is 1.36. The predicted octanol–water partition coefficient (Wildman–Crippen LogP) is 0.0944. The van der Waals surface area contributed by atoms with Gasteiger partial charge in [-0.05, 0) is 12.8 Å². The van der Waals surface area contributed by atoms with Crippen molar-refractivity contribution in [1.82, 2.24) is 10.6 Å². The highest BCUT2D eigenvalue weighted by Crippen LogP contribution is 2.17. The molecule has 4 nitrogen and oxygen atoms in total. The van der Waals surface area contributed by atoms with Crippen LogP contribution in [0.4, 0.5) is 4.79 Å². The number of hydrogen-bond acceptors (Lipinski definition) is 3.